The molecule has 0 amide bonds. The fourth-order valence-electron chi connectivity index (χ4n) is 2.19. The van der Waals surface area contributed by atoms with Gasteiger partial charge in [-0.15, -0.1) is 0 Å². The molecule has 1 atom stereocenters. The lowest BCUT2D eigenvalue weighted by molar-refractivity contribution is 0.0820. The van der Waals surface area contributed by atoms with Crippen LogP contribution in [0.1, 0.15) is 26.1 Å². The van der Waals surface area contributed by atoms with Crippen LogP contribution in [0.25, 0.3) is 0 Å². The molecule has 18 heavy (non-hydrogen) atoms. The van der Waals surface area contributed by atoms with Gasteiger partial charge in [0.1, 0.15) is 17.5 Å². The quantitative estimate of drug-likeness (QED) is 0.887. The molecule has 0 bridgehead atoms. The van der Waals surface area contributed by atoms with Crippen molar-refractivity contribution in [1.29, 1.82) is 0 Å². The SMILES string of the molecule is CCNc1cc(N2CCCOC(C)C2)nc(C)n1. The normalized spacial score (nSPS) is 20.6. The Labute approximate surface area is 109 Å². The number of nitrogens with zero attached hydrogens (tertiary/aromatic N) is 3. The van der Waals surface area contributed by atoms with Crippen LogP contribution in [0.2, 0.25) is 0 Å². The highest BCUT2D eigenvalue weighted by atomic mass is 16.5. The van der Waals surface area contributed by atoms with Gasteiger partial charge < -0.3 is 15.0 Å². The van der Waals surface area contributed by atoms with E-state index in [1.807, 2.05) is 13.0 Å². The molecule has 0 saturated carbocycles. The molecule has 1 saturated heterocycles. The Hall–Kier alpha value is -1.36. The van der Waals surface area contributed by atoms with Crippen LogP contribution in [0, 0.1) is 6.92 Å². The molecule has 0 aromatic carbocycles. The average Bonchev–Trinajstić information content (AvgIpc) is 2.53. The zero-order chi connectivity index (χ0) is 13.0. The third kappa shape index (κ3) is 3.32. The zero-order valence-electron chi connectivity index (χ0n) is 11.4. The molecule has 0 aliphatic carbocycles. The summed E-state index contributed by atoms with van der Waals surface area (Å²) in [6, 6.07) is 2.02. The van der Waals surface area contributed by atoms with Crippen LogP contribution >= 0.6 is 0 Å². The van der Waals surface area contributed by atoms with Gasteiger partial charge in [0.15, 0.2) is 0 Å². The van der Waals surface area contributed by atoms with Gasteiger partial charge in [0, 0.05) is 32.3 Å². The minimum absolute atomic E-state index is 0.255. The number of hydrogen-bond acceptors (Lipinski definition) is 5. The van der Waals surface area contributed by atoms with E-state index in [-0.39, 0.29) is 6.10 Å². The summed E-state index contributed by atoms with van der Waals surface area (Å²) in [6.45, 7) is 9.70. The summed E-state index contributed by atoms with van der Waals surface area (Å²) in [6.07, 6.45) is 1.30. The molecule has 1 N–H and O–H groups in total. The van der Waals surface area contributed by atoms with E-state index < -0.39 is 0 Å². The van der Waals surface area contributed by atoms with Gasteiger partial charge in [-0.05, 0) is 27.2 Å². The summed E-state index contributed by atoms with van der Waals surface area (Å²) in [5.41, 5.74) is 0. The van der Waals surface area contributed by atoms with Crippen LogP contribution in [-0.2, 0) is 4.74 Å². The number of nitrogens with one attached hydrogen (secondary N) is 1. The maximum atomic E-state index is 5.66. The van der Waals surface area contributed by atoms with E-state index in [4.69, 9.17) is 4.74 Å². The highest BCUT2D eigenvalue weighted by Crippen LogP contribution is 2.18. The predicted molar refractivity (Wildman–Crippen MR) is 73.2 cm³/mol. The van der Waals surface area contributed by atoms with Crippen molar-refractivity contribution in [2.75, 3.05) is 36.5 Å². The molecule has 1 aliphatic heterocycles. The van der Waals surface area contributed by atoms with Crippen molar-refractivity contribution in [3.63, 3.8) is 0 Å². The molecule has 5 heteroatoms. The molecular formula is C13H22N4O. The van der Waals surface area contributed by atoms with Crippen molar-refractivity contribution in [3.8, 4) is 0 Å². The van der Waals surface area contributed by atoms with Crippen LogP contribution in [0.3, 0.4) is 0 Å². The number of hydrogen-bond donors (Lipinski definition) is 1. The van der Waals surface area contributed by atoms with Crippen LogP contribution in [0.4, 0.5) is 11.6 Å². The lowest BCUT2D eigenvalue weighted by Gasteiger charge is -2.23. The standard InChI is InChI=1S/C13H22N4O/c1-4-14-12-8-13(16-11(3)15-12)17-6-5-7-18-10(2)9-17/h8,10H,4-7,9H2,1-3H3,(H,14,15,16). The summed E-state index contributed by atoms with van der Waals surface area (Å²) < 4.78 is 5.66. The van der Waals surface area contributed by atoms with Crippen LogP contribution in [0.5, 0.6) is 0 Å². The molecule has 100 valence electrons. The highest BCUT2D eigenvalue weighted by molar-refractivity contribution is 5.49. The summed E-state index contributed by atoms with van der Waals surface area (Å²) in [7, 11) is 0. The molecule has 5 nitrogen and oxygen atoms in total. The lowest BCUT2D eigenvalue weighted by atomic mass is 10.3. The number of ether oxygens (including phenoxy) is 1. The fourth-order valence-corrected chi connectivity index (χ4v) is 2.19. The van der Waals surface area contributed by atoms with Gasteiger partial charge in [-0.2, -0.15) is 0 Å². The van der Waals surface area contributed by atoms with E-state index in [0.29, 0.717) is 0 Å². The van der Waals surface area contributed by atoms with Crippen molar-refractivity contribution < 1.29 is 4.74 Å². The molecule has 1 aromatic heterocycles. The first-order valence-electron chi connectivity index (χ1n) is 6.65. The first-order chi connectivity index (χ1) is 8.69. The summed E-state index contributed by atoms with van der Waals surface area (Å²) in [5, 5.41) is 3.25. The number of aryl methyl sites for hydroxylation is 1. The van der Waals surface area contributed by atoms with Crippen molar-refractivity contribution in [2.24, 2.45) is 0 Å². The topological polar surface area (TPSA) is 50.3 Å². The number of aromatic nitrogens is 2. The fraction of sp³-hybridized carbons (Fsp3) is 0.692. The molecule has 2 heterocycles. The minimum Gasteiger partial charge on any atom is -0.377 e. The van der Waals surface area contributed by atoms with E-state index in [9.17, 15) is 0 Å². The largest absolute Gasteiger partial charge is 0.377 e. The molecular weight excluding hydrogens is 228 g/mol. The van der Waals surface area contributed by atoms with Gasteiger partial charge in [-0.3, -0.25) is 0 Å². The maximum Gasteiger partial charge on any atom is 0.134 e. The van der Waals surface area contributed by atoms with Gasteiger partial charge in [0.25, 0.3) is 0 Å². The van der Waals surface area contributed by atoms with Crippen molar-refractivity contribution in [2.45, 2.75) is 33.3 Å². The summed E-state index contributed by atoms with van der Waals surface area (Å²) >= 11 is 0. The number of anilines is 2. The van der Waals surface area contributed by atoms with E-state index >= 15 is 0 Å². The lowest BCUT2D eigenvalue weighted by Crippen LogP contribution is -2.31. The second kappa shape index (κ2) is 6.00. The van der Waals surface area contributed by atoms with Crippen molar-refractivity contribution in [3.05, 3.63) is 11.9 Å². The van der Waals surface area contributed by atoms with Gasteiger partial charge >= 0.3 is 0 Å². The van der Waals surface area contributed by atoms with Crippen LogP contribution in [0.15, 0.2) is 6.07 Å². The Morgan fingerprint density at radius 2 is 2.33 bits per heavy atom. The second-order valence-electron chi connectivity index (χ2n) is 4.67. The molecule has 1 aromatic rings. The van der Waals surface area contributed by atoms with Crippen LogP contribution < -0.4 is 10.2 Å². The highest BCUT2D eigenvalue weighted by Gasteiger charge is 2.17. The Morgan fingerprint density at radius 3 is 3.11 bits per heavy atom. The summed E-state index contributed by atoms with van der Waals surface area (Å²) in [4.78, 5) is 11.2. The van der Waals surface area contributed by atoms with Crippen molar-refractivity contribution >= 4 is 11.6 Å². The van der Waals surface area contributed by atoms with E-state index in [0.717, 1.165) is 50.1 Å². The van der Waals surface area contributed by atoms with E-state index in [1.165, 1.54) is 0 Å². The molecule has 1 unspecified atom stereocenters. The number of rotatable bonds is 3. The molecule has 2 rings (SSSR count). The molecule has 0 spiro atoms. The Morgan fingerprint density at radius 1 is 1.50 bits per heavy atom. The van der Waals surface area contributed by atoms with Gasteiger partial charge in [0.05, 0.1) is 6.10 Å². The monoisotopic (exact) mass is 250 g/mol. The van der Waals surface area contributed by atoms with Gasteiger partial charge in [-0.1, -0.05) is 0 Å². The van der Waals surface area contributed by atoms with Crippen LogP contribution in [-0.4, -0.2) is 42.3 Å². The predicted octanol–water partition coefficient (Wildman–Crippen LogP) is 1.83. The second-order valence-corrected chi connectivity index (χ2v) is 4.67. The van der Waals surface area contributed by atoms with Gasteiger partial charge in [0.2, 0.25) is 0 Å². The molecule has 1 aliphatic rings. The smallest absolute Gasteiger partial charge is 0.134 e. The Bertz CT molecular complexity index is 397. The molecule has 1 fully saturated rings. The Kier molecular flexibility index (Phi) is 4.36. The Balaban J connectivity index is 2.19. The average molecular weight is 250 g/mol. The first kappa shape index (κ1) is 13.1. The van der Waals surface area contributed by atoms with E-state index in [2.05, 4.69) is 34.0 Å². The first-order valence-corrected chi connectivity index (χ1v) is 6.65. The van der Waals surface area contributed by atoms with Crippen molar-refractivity contribution in [1.82, 2.24) is 9.97 Å². The minimum atomic E-state index is 0.255. The van der Waals surface area contributed by atoms with Gasteiger partial charge in [-0.25, -0.2) is 9.97 Å². The molecule has 0 radical (unpaired) electrons. The maximum absolute atomic E-state index is 5.66. The zero-order valence-corrected chi connectivity index (χ0v) is 11.4. The summed E-state index contributed by atoms with van der Waals surface area (Å²) in [5.74, 6) is 2.70. The third-order valence-corrected chi connectivity index (χ3v) is 2.96. The van der Waals surface area contributed by atoms with E-state index in [1.54, 1.807) is 0 Å². The third-order valence-electron chi connectivity index (χ3n) is 2.96.